The van der Waals surface area contributed by atoms with Crippen molar-refractivity contribution >= 4 is 5.91 Å². The Labute approximate surface area is 147 Å². The molecule has 1 fully saturated rings. The zero-order valence-corrected chi connectivity index (χ0v) is 14.0. The zero-order chi connectivity index (χ0) is 17.8. The first kappa shape index (κ1) is 17.2. The summed E-state index contributed by atoms with van der Waals surface area (Å²) in [5.41, 5.74) is 3.04. The second-order valence-electron chi connectivity index (χ2n) is 6.04. The summed E-state index contributed by atoms with van der Waals surface area (Å²) < 4.78 is 4.90. The highest BCUT2D eigenvalue weighted by Gasteiger charge is 2.52. The molecule has 1 N–H and O–H groups in total. The van der Waals surface area contributed by atoms with Gasteiger partial charge < -0.3 is 14.7 Å². The van der Waals surface area contributed by atoms with Crippen LogP contribution in [0.5, 0.6) is 0 Å². The van der Waals surface area contributed by atoms with Gasteiger partial charge in [0, 0.05) is 13.0 Å². The van der Waals surface area contributed by atoms with Gasteiger partial charge in [0.2, 0.25) is 5.91 Å². The molecule has 5 heteroatoms. The largest absolute Gasteiger partial charge is 0.394 e. The van der Waals surface area contributed by atoms with Gasteiger partial charge in [-0.05, 0) is 16.7 Å². The lowest BCUT2D eigenvalue weighted by atomic mass is 9.73. The number of benzene rings is 2. The number of carbonyl (C=O) groups is 1. The topological polar surface area (TPSA) is 73.6 Å². The van der Waals surface area contributed by atoms with E-state index in [1.54, 1.807) is 0 Å². The number of methoxy groups -OCH3 is 1. The van der Waals surface area contributed by atoms with Gasteiger partial charge in [-0.3, -0.25) is 4.79 Å². The average molecular weight is 336 g/mol. The second-order valence-corrected chi connectivity index (χ2v) is 6.04. The number of nitriles is 1. The Bertz CT molecular complexity index is 785. The molecule has 25 heavy (non-hydrogen) atoms. The van der Waals surface area contributed by atoms with E-state index in [0.717, 1.165) is 16.7 Å². The van der Waals surface area contributed by atoms with Crippen molar-refractivity contribution in [2.45, 2.75) is 18.0 Å². The fourth-order valence-electron chi connectivity index (χ4n) is 3.59. The van der Waals surface area contributed by atoms with Crippen LogP contribution in [-0.4, -0.2) is 48.3 Å². The van der Waals surface area contributed by atoms with Gasteiger partial charge in [0.1, 0.15) is 12.6 Å². The average Bonchev–Trinajstić information content (AvgIpc) is 2.63. The van der Waals surface area contributed by atoms with Crippen LogP contribution in [0, 0.1) is 11.3 Å². The van der Waals surface area contributed by atoms with Crippen molar-refractivity contribution in [1.29, 1.82) is 5.26 Å². The number of likely N-dealkylation sites (tertiary alicyclic amines) is 1. The van der Waals surface area contributed by atoms with Crippen LogP contribution < -0.4 is 0 Å². The quantitative estimate of drug-likeness (QED) is 0.908. The monoisotopic (exact) mass is 336 g/mol. The maximum absolute atomic E-state index is 12.2. The molecule has 0 bridgehead atoms. The number of hydrogen-bond donors (Lipinski definition) is 1. The molecule has 0 spiro atoms. The van der Waals surface area contributed by atoms with Crippen molar-refractivity contribution in [2.24, 2.45) is 0 Å². The summed E-state index contributed by atoms with van der Waals surface area (Å²) in [6, 6.07) is 19.0. The molecule has 0 unspecified atom stereocenters. The van der Waals surface area contributed by atoms with E-state index >= 15 is 0 Å². The van der Waals surface area contributed by atoms with Crippen molar-refractivity contribution in [3.05, 3.63) is 60.2 Å². The molecular weight excluding hydrogens is 316 g/mol. The summed E-state index contributed by atoms with van der Waals surface area (Å²) in [5.74, 6) is -0.506. The number of nitrogens with zero attached hydrogens (tertiary/aromatic N) is 2. The normalized spacial score (nSPS) is 22.1. The highest BCUT2D eigenvalue weighted by atomic mass is 16.5. The zero-order valence-electron chi connectivity index (χ0n) is 14.0. The number of hydrogen-bond acceptors (Lipinski definition) is 4. The Balaban J connectivity index is 2.00. The minimum atomic E-state index is -0.607. The highest BCUT2D eigenvalue weighted by Crippen LogP contribution is 2.43. The Hall–Kier alpha value is -2.68. The Kier molecular flexibility index (Phi) is 5.13. The molecule has 0 radical (unpaired) electrons. The van der Waals surface area contributed by atoms with Gasteiger partial charge in [-0.25, -0.2) is 0 Å². The van der Waals surface area contributed by atoms with E-state index in [1.165, 1.54) is 12.0 Å². The molecule has 1 heterocycles. The van der Waals surface area contributed by atoms with Crippen LogP contribution in [0.25, 0.3) is 11.1 Å². The van der Waals surface area contributed by atoms with Crippen molar-refractivity contribution in [2.75, 3.05) is 20.3 Å². The number of aliphatic hydroxyl groups excluding tert-OH is 1. The van der Waals surface area contributed by atoms with Crippen LogP contribution in [0.15, 0.2) is 54.6 Å². The van der Waals surface area contributed by atoms with E-state index in [4.69, 9.17) is 4.74 Å². The fourth-order valence-corrected chi connectivity index (χ4v) is 3.59. The molecule has 1 amide bonds. The molecule has 128 valence electrons. The summed E-state index contributed by atoms with van der Waals surface area (Å²) in [7, 11) is 1.44. The first-order valence-corrected chi connectivity index (χ1v) is 8.17. The van der Waals surface area contributed by atoms with Crippen LogP contribution in [0.2, 0.25) is 0 Å². The number of rotatable bonds is 5. The molecule has 1 aliphatic rings. The molecule has 2 aromatic rings. The predicted octanol–water partition coefficient (Wildman–Crippen LogP) is 2.18. The minimum absolute atomic E-state index is 0.0955. The van der Waals surface area contributed by atoms with E-state index in [9.17, 15) is 15.2 Å². The van der Waals surface area contributed by atoms with Gasteiger partial charge in [0.05, 0.1) is 18.7 Å². The molecular formula is C20H20N2O3. The smallest absolute Gasteiger partial charge is 0.249 e. The van der Waals surface area contributed by atoms with Crippen LogP contribution in [0.3, 0.4) is 0 Å². The lowest BCUT2D eigenvalue weighted by molar-refractivity contribution is -0.150. The van der Waals surface area contributed by atoms with Crippen molar-refractivity contribution in [1.82, 2.24) is 4.90 Å². The third-order valence-electron chi connectivity index (χ3n) is 4.69. The maximum atomic E-state index is 12.2. The molecule has 3 atom stereocenters. The highest BCUT2D eigenvalue weighted by molar-refractivity contribution is 5.81. The molecule has 0 aliphatic carbocycles. The Morgan fingerprint density at radius 2 is 1.88 bits per heavy atom. The van der Waals surface area contributed by atoms with E-state index in [0.29, 0.717) is 0 Å². The van der Waals surface area contributed by atoms with Crippen LogP contribution in [0.4, 0.5) is 0 Å². The summed E-state index contributed by atoms with van der Waals surface area (Å²) in [4.78, 5) is 13.7. The minimum Gasteiger partial charge on any atom is -0.394 e. The third-order valence-corrected chi connectivity index (χ3v) is 4.69. The van der Waals surface area contributed by atoms with Crippen molar-refractivity contribution in [3.8, 4) is 17.2 Å². The van der Waals surface area contributed by atoms with Gasteiger partial charge in [-0.1, -0.05) is 54.6 Å². The van der Waals surface area contributed by atoms with Gasteiger partial charge in [0.15, 0.2) is 0 Å². The van der Waals surface area contributed by atoms with E-state index < -0.39 is 12.1 Å². The molecule has 0 saturated carbocycles. The van der Waals surface area contributed by atoms with Crippen LogP contribution in [-0.2, 0) is 9.53 Å². The van der Waals surface area contributed by atoms with Gasteiger partial charge in [0.25, 0.3) is 0 Å². The number of aliphatic hydroxyl groups is 1. The molecule has 3 rings (SSSR count). The fraction of sp³-hybridized carbons (Fsp3) is 0.300. The van der Waals surface area contributed by atoms with E-state index in [-0.39, 0.29) is 25.0 Å². The van der Waals surface area contributed by atoms with Gasteiger partial charge in [-0.2, -0.15) is 5.26 Å². The molecule has 0 aromatic heterocycles. The molecule has 1 saturated heterocycles. The van der Waals surface area contributed by atoms with Gasteiger partial charge >= 0.3 is 0 Å². The number of carbonyl (C=O) groups excluding carboxylic acids is 1. The first-order chi connectivity index (χ1) is 12.2. The standard InChI is InChI=1S/C20H20N2O3/c1-25-13-19(24)22-17(11-21)20(18(22)12-23)16-10-6-5-9-15(16)14-7-3-2-4-8-14/h2-10,17-18,20,23H,12-13H2,1H3/t17-,18+,20+/m0/s1. The summed E-state index contributed by atoms with van der Waals surface area (Å²) in [6.45, 7) is -0.289. The van der Waals surface area contributed by atoms with Crippen molar-refractivity contribution in [3.63, 3.8) is 0 Å². The Morgan fingerprint density at radius 1 is 1.20 bits per heavy atom. The van der Waals surface area contributed by atoms with E-state index in [1.807, 2.05) is 54.6 Å². The number of amides is 1. The second kappa shape index (κ2) is 7.47. The SMILES string of the molecule is COCC(=O)N1[C@H](CO)[C@H](c2ccccc2-c2ccccc2)[C@@H]1C#N. The lowest BCUT2D eigenvalue weighted by Gasteiger charge is -2.52. The van der Waals surface area contributed by atoms with Crippen LogP contribution in [0.1, 0.15) is 11.5 Å². The lowest BCUT2D eigenvalue weighted by Crippen LogP contribution is -2.66. The van der Waals surface area contributed by atoms with Gasteiger partial charge in [-0.15, -0.1) is 0 Å². The first-order valence-electron chi connectivity index (χ1n) is 8.17. The summed E-state index contributed by atoms with van der Waals surface area (Å²) in [6.07, 6.45) is 0. The summed E-state index contributed by atoms with van der Waals surface area (Å²) in [5, 5.41) is 19.4. The molecule has 1 aliphatic heterocycles. The van der Waals surface area contributed by atoms with Crippen LogP contribution >= 0.6 is 0 Å². The predicted molar refractivity (Wildman–Crippen MR) is 93.6 cm³/mol. The molecule has 5 nitrogen and oxygen atoms in total. The van der Waals surface area contributed by atoms with Crippen molar-refractivity contribution < 1.29 is 14.6 Å². The maximum Gasteiger partial charge on any atom is 0.249 e. The van der Waals surface area contributed by atoms with E-state index in [2.05, 4.69) is 6.07 Å². The third kappa shape index (κ3) is 3.02. The Morgan fingerprint density at radius 3 is 2.52 bits per heavy atom. The molecule has 2 aromatic carbocycles. The summed E-state index contributed by atoms with van der Waals surface area (Å²) >= 11 is 0. The number of ether oxygens (including phenoxy) is 1.